The van der Waals surface area contributed by atoms with Crippen molar-refractivity contribution >= 4 is 43.5 Å². The molecule has 0 saturated heterocycles. The molecule has 0 heterocycles. The molecule has 0 aliphatic rings. The van der Waals surface area contributed by atoms with Crippen LogP contribution in [0.1, 0.15) is 42.5 Å². The molecule has 3 rings (SSSR count). The largest absolute Gasteiger partial charge is 0.354 e. The van der Waals surface area contributed by atoms with Gasteiger partial charge < -0.3 is 10.2 Å². The lowest BCUT2D eigenvalue weighted by molar-refractivity contribution is -0.139. The van der Waals surface area contributed by atoms with Gasteiger partial charge in [0.25, 0.3) is 10.0 Å². The SMILES string of the molecule is CCCNC(=O)[C@H](C)N(Cc1ccc(Br)cc1)C(=O)CN(c1cccc(C)c1C)S(=O)(=O)c1ccc(C)cc1. The third-order valence-corrected chi connectivity index (χ3v) is 9.02. The Hall–Kier alpha value is -3.17. The Morgan fingerprint density at radius 2 is 1.59 bits per heavy atom. The summed E-state index contributed by atoms with van der Waals surface area (Å²) in [6.45, 7) is 9.42. The molecule has 0 spiro atoms. The van der Waals surface area contributed by atoms with Crippen LogP contribution in [0.3, 0.4) is 0 Å². The minimum atomic E-state index is -4.10. The number of nitrogens with zero attached hydrogens (tertiary/aromatic N) is 2. The van der Waals surface area contributed by atoms with Crippen LogP contribution in [0.4, 0.5) is 5.69 Å². The molecule has 0 fully saturated rings. The van der Waals surface area contributed by atoms with Crippen molar-refractivity contribution in [1.29, 1.82) is 0 Å². The predicted octanol–water partition coefficient (Wildman–Crippen LogP) is 5.51. The van der Waals surface area contributed by atoms with Gasteiger partial charge in [0.2, 0.25) is 11.8 Å². The smallest absolute Gasteiger partial charge is 0.264 e. The standard InChI is InChI=1S/C30H36BrN3O4S/c1-6-18-32-30(36)24(5)33(19-25-12-14-26(31)15-13-25)29(35)20-34(28-9-7-8-22(3)23(28)4)39(37,38)27-16-10-21(2)11-17-27/h7-17,24H,6,18-20H2,1-5H3,(H,32,36)/t24-/m0/s1. The predicted molar refractivity (Wildman–Crippen MR) is 159 cm³/mol. The molecule has 2 amide bonds. The monoisotopic (exact) mass is 613 g/mol. The van der Waals surface area contributed by atoms with E-state index in [1.807, 2.05) is 58.0 Å². The number of amides is 2. The summed E-state index contributed by atoms with van der Waals surface area (Å²) in [6.07, 6.45) is 0.758. The molecule has 1 N–H and O–H groups in total. The molecule has 0 aromatic heterocycles. The first-order valence-corrected chi connectivity index (χ1v) is 15.2. The van der Waals surface area contributed by atoms with Gasteiger partial charge in [-0.15, -0.1) is 0 Å². The van der Waals surface area contributed by atoms with E-state index in [1.165, 1.54) is 4.90 Å². The highest BCUT2D eigenvalue weighted by Gasteiger charge is 2.33. The van der Waals surface area contributed by atoms with Crippen molar-refractivity contribution in [3.63, 3.8) is 0 Å². The molecular weight excluding hydrogens is 578 g/mol. The van der Waals surface area contributed by atoms with Crippen molar-refractivity contribution < 1.29 is 18.0 Å². The summed E-state index contributed by atoms with van der Waals surface area (Å²) in [7, 11) is -4.10. The Balaban J connectivity index is 2.05. The normalized spacial score (nSPS) is 12.1. The lowest BCUT2D eigenvalue weighted by Gasteiger charge is -2.32. The molecule has 3 aromatic rings. The average Bonchev–Trinajstić information content (AvgIpc) is 2.91. The number of hydrogen-bond acceptors (Lipinski definition) is 4. The van der Waals surface area contributed by atoms with Gasteiger partial charge in [-0.3, -0.25) is 13.9 Å². The number of hydrogen-bond donors (Lipinski definition) is 1. The first kappa shape index (κ1) is 30.4. The summed E-state index contributed by atoms with van der Waals surface area (Å²) in [6, 6.07) is 18.6. The molecule has 0 radical (unpaired) electrons. The second kappa shape index (κ2) is 13.3. The van der Waals surface area contributed by atoms with Crippen molar-refractivity contribution in [2.24, 2.45) is 0 Å². The van der Waals surface area contributed by atoms with Crippen molar-refractivity contribution in [3.05, 3.63) is 93.5 Å². The van der Waals surface area contributed by atoms with Crippen LogP contribution in [0.15, 0.2) is 76.1 Å². The van der Waals surface area contributed by atoms with Crippen LogP contribution in [-0.4, -0.2) is 44.3 Å². The molecule has 0 unspecified atom stereocenters. The van der Waals surface area contributed by atoms with Gasteiger partial charge >= 0.3 is 0 Å². The van der Waals surface area contributed by atoms with Gasteiger partial charge in [0.15, 0.2) is 0 Å². The van der Waals surface area contributed by atoms with Crippen LogP contribution < -0.4 is 9.62 Å². The third-order valence-electron chi connectivity index (χ3n) is 6.72. The number of halogens is 1. The molecule has 0 bridgehead atoms. The van der Waals surface area contributed by atoms with Gasteiger partial charge in [-0.05, 0) is 81.1 Å². The van der Waals surface area contributed by atoms with Crippen LogP contribution >= 0.6 is 15.9 Å². The summed E-state index contributed by atoms with van der Waals surface area (Å²) < 4.78 is 30.0. The molecule has 0 saturated carbocycles. The highest BCUT2D eigenvalue weighted by Crippen LogP contribution is 2.29. The highest BCUT2D eigenvalue weighted by molar-refractivity contribution is 9.10. The fourth-order valence-corrected chi connectivity index (χ4v) is 5.86. The maximum atomic E-state index is 14.0. The van der Waals surface area contributed by atoms with Crippen LogP contribution in [0.5, 0.6) is 0 Å². The number of anilines is 1. The summed E-state index contributed by atoms with van der Waals surface area (Å²) in [5.74, 6) is -0.768. The van der Waals surface area contributed by atoms with Crippen LogP contribution in [0, 0.1) is 20.8 Å². The quantitative estimate of drug-likeness (QED) is 0.309. The van der Waals surface area contributed by atoms with E-state index in [-0.39, 0.29) is 17.3 Å². The molecule has 208 valence electrons. The van der Waals surface area contributed by atoms with Gasteiger partial charge in [0, 0.05) is 17.6 Å². The first-order chi connectivity index (χ1) is 18.4. The maximum absolute atomic E-state index is 14.0. The second-order valence-electron chi connectivity index (χ2n) is 9.66. The lowest BCUT2D eigenvalue weighted by Crippen LogP contribution is -2.51. The Bertz CT molecular complexity index is 1410. The minimum Gasteiger partial charge on any atom is -0.354 e. The number of benzene rings is 3. The van der Waals surface area contributed by atoms with E-state index >= 15 is 0 Å². The van der Waals surface area contributed by atoms with Gasteiger partial charge in [0.1, 0.15) is 12.6 Å². The summed E-state index contributed by atoms with van der Waals surface area (Å²) in [4.78, 5) is 28.5. The topological polar surface area (TPSA) is 86.8 Å². The second-order valence-corrected chi connectivity index (χ2v) is 12.4. The Morgan fingerprint density at radius 1 is 0.949 bits per heavy atom. The van der Waals surface area contributed by atoms with E-state index < -0.39 is 28.5 Å². The van der Waals surface area contributed by atoms with E-state index in [9.17, 15) is 18.0 Å². The maximum Gasteiger partial charge on any atom is 0.264 e. The zero-order valence-electron chi connectivity index (χ0n) is 23.1. The average molecular weight is 615 g/mol. The number of nitrogens with one attached hydrogen (secondary N) is 1. The van der Waals surface area contributed by atoms with E-state index in [4.69, 9.17) is 0 Å². The van der Waals surface area contributed by atoms with E-state index in [2.05, 4.69) is 21.2 Å². The third kappa shape index (κ3) is 7.48. The molecule has 7 nitrogen and oxygen atoms in total. The molecule has 3 aromatic carbocycles. The molecule has 9 heteroatoms. The highest BCUT2D eigenvalue weighted by atomic mass is 79.9. The molecule has 39 heavy (non-hydrogen) atoms. The fourth-order valence-electron chi connectivity index (χ4n) is 4.12. The fraction of sp³-hybridized carbons (Fsp3) is 0.333. The van der Waals surface area contributed by atoms with Crippen molar-refractivity contribution in [2.75, 3.05) is 17.4 Å². The summed E-state index contributed by atoms with van der Waals surface area (Å²) in [5.41, 5.74) is 3.84. The van der Waals surface area contributed by atoms with E-state index in [1.54, 1.807) is 43.3 Å². The molecule has 0 aliphatic carbocycles. The zero-order valence-corrected chi connectivity index (χ0v) is 25.5. The lowest BCUT2D eigenvalue weighted by atomic mass is 10.1. The number of carbonyl (C=O) groups excluding carboxylic acids is 2. The Morgan fingerprint density at radius 3 is 2.21 bits per heavy atom. The minimum absolute atomic E-state index is 0.0926. The van der Waals surface area contributed by atoms with Crippen molar-refractivity contribution in [1.82, 2.24) is 10.2 Å². The van der Waals surface area contributed by atoms with Gasteiger partial charge in [0.05, 0.1) is 10.6 Å². The van der Waals surface area contributed by atoms with Crippen LogP contribution in [0.25, 0.3) is 0 Å². The zero-order chi connectivity index (χ0) is 28.7. The number of carbonyl (C=O) groups is 2. The molecule has 1 atom stereocenters. The first-order valence-electron chi connectivity index (χ1n) is 12.9. The van der Waals surface area contributed by atoms with Crippen LogP contribution in [0.2, 0.25) is 0 Å². The van der Waals surface area contributed by atoms with Crippen molar-refractivity contribution in [3.8, 4) is 0 Å². The Kier molecular flexibility index (Phi) is 10.3. The van der Waals surface area contributed by atoms with E-state index in [0.717, 1.165) is 37.5 Å². The summed E-state index contributed by atoms with van der Waals surface area (Å²) >= 11 is 3.42. The molecular formula is C30H36BrN3O4S. The van der Waals surface area contributed by atoms with Gasteiger partial charge in [-0.1, -0.05) is 64.8 Å². The number of aryl methyl sites for hydroxylation is 2. The molecule has 0 aliphatic heterocycles. The number of sulfonamides is 1. The van der Waals surface area contributed by atoms with Crippen molar-refractivity contribution in [2.45, 2.75) is 58.5 Å². The van der Waals surface area contributed by atoms with Gasteiger partial charge in [-0.25, -0.2) is 8.42 Å². The Labute approximate surface area is 240 Å². The van der Waals surface area contributed by atoms with Gasteiger partial charge in [-0.2, -0.15) is 0 Å². The van der Waals surface area contributed by atoms with E-state index in [0.29, 0.717) is 12.2 Å². The number of rotatable bonds is 11. The summed E-state index contributed by atoms with van der Waals surface area (Å²) in [5, 5.41) is 2.85. The van der Waals surface area contributed by atoms with Crippen LogP contribution in [-0.2, 0) is 26.2 Å².